The van der Waals surface area contributed by atoms with Crippen molar-refractivity contribution in [2.24, 2.45) is 10.9 Å². The van der Waals surface area contributed by atoms with Gasteiger partial charge >= 0.3 is 5.97 Å². The average molecular weight is 537 g/mol. The monoisotopic (exact) mass is 536 g/mol. The SMILES string of the molecule is COC(=O)Cn1c(=NC(=O)C2CCN(S(=O)(=O)c3ccc(F)cc3)CC2)sc2ccc([N+](=O)[O-])cc21. The number of hydrogen-bond acceptors (Lipinski definition) is 8. The van der Waals surface area contributed by atoms with Crippen molar-refractivity contribution >= 4 is 49.1 Å². The number of ether oxygens (including phenoxy) is 1. The van der Waals surface area contributed by atoms with E-state index in [4.69, 9.17) is 4.74 Å². The number of carbonyl (C=O) groups is 2. The number of benzene rings is 2. The summed E-state index contributed by atoms with van der Waals surface area (Å²) in [6.45, 7) is -0.114. The average Bonchev–Trinajstić information content (AvgIpc) is 3.20. The number of nitro benzene ring substituents is 1. The molecule has 1 aromatic heterocycles. The zero-order valence-corrected chi connectivity index (χ0v) is 20.6. The Labute approximate surface area is 208 Å². The predicted octanol–water partition coefficient (Wildman–Crippen LogP) is 2.45. The summed E-state index contributed by atoms with van der Waals surface area (Å²) in [6.07, 6.45) is 0.465. The highest BCUT2D eigenvalue weighted by Crippen LogP contribution is 2.26. The van der Waals surface area contributed by atoms with Crippen LogP contribution in [0.3, 0.4) is 0 Å². The van der Waals surface area contributed by atoms with Gasteiger partial charge in [0.05, 0.1) is 27.1 Å². The molecule has 0 bridgehead atoms. The van der Waals surface area contributed by atoms with E-state index in [1.807, 2.05) is 0 Å². The molecule has 1 amide bonds. The Hall–Kier alpha value is -3.49. The number of esters is 1. The van der Waals surface area contributed by atoms with Gasteiger partial charge in [0.25, 0.3) is 11.6 Å². The van der Waals surface area contributed by atoms with Gasteiger partial charge in [0.15, 0.2) is 4.80 Å². The van der Waals surface area contributed by atoms with Gasteiger partial charge in [0.2, 0.25) is 10.0 Å². The minimum absolute atomic E-state index is 0.0263. The third-order valence-electron chi connectivity index (χ3n) is 5.85. The van der Waals surface area contributed by atoms with E-state index >= 15 is 0 Å². The van der Waals surface area contributed by atoms with Crippen molar-refractivity contribution in [3.63, 3.8) is 0 Å². The standard InChI is InChI=1S/C22H21FN4O7S2/c1-34-20(28)13-26-18-12-16(27(30)31)4-7-19(18)35-22(26)24-21(29)14-8-10-25(11-9-14)36(32,33)17-5-2-15(23)3-6-17/h2-7,12,14H,8-11,13H2,1H3. The fraction of sp³-hybridized carbons (Fsp3) is 0.318. The van der Waals surface area contributed by atoms with Crippen LogP contribution in [-0.2, 0) is 30.9 Å². The second-order valence-corrected chi connectivity index (χ2v) is 11.0. The molecule has 190 valence electrons. The van der Waals surface area contributed by atoms with E-state index in [0.29, 0.717) is 10.2 Å². The van der Waals surface area contributed by atoms with Crippen LogP contribution in [0.2, 0.25) is 0 Å². The molecule has 1 aliphatic rings. The largest absolute Gasteiger partial charge is 0.468 e. The van der Waals surface area contributed by atoms with Crippen LogP contribution in [-0.4, -0.2) is 54.3 Å². The molecule has 14 heteroatoms. The number of fused-ring (bicyclic) bond motifs is 1. The van der Waals surface area contributed by atoms with Gasteiger partial charge in [-0.2, -0.15) is 9.30 Å². The van der Waals surface area contributed by atoms with E-state index < -0.39 is 38.6 Å². The molecule has 0 aliphatic carbocycles. The molecular formula is C22H21FN4O7S2. The third kappa shape index (κ3) is 5.20. The maximum atomic E-state index is 13.2. The Morgan fingerprint density at radius 2 is 1.86 bits per heavy atom. The molecule has 4 rings (SSSR count). The van der Waals surface area contributed by atoms with Gasteiger partial charge in [-0.15, -0.1) is 0 Å². The number of amides is 1. The van der Waals surface area contributed by atoms with E-state index in [1.54, 1.807) is 0 Å². The van der Waals surface area contributed by atoms with Gasteiger partial charge < -0.3 is 9.30 Å². The van der Waals surface area contributed by atoms with Crippen molar-refractivity contribution in [3.05, 3.63) is 63.2 Å². The number of sulfonamides is 1. The van der Waals surface area contributed by atoms with Crippen LogP contribution in [0.1, 0.15) is 12.8 Å². The lowest BCUT2D eigenvalue weighted by molar-refractivity contribution is -0.384. The van der Waals surface area contributed by atoms with Crippen molar-refractivity contribution in [3.8, 4) is 0 Å². The molecule has 3 aromatic rings. The highest BCUT2D eigenvalue weighted by atomic mass is 32.2. The number of halogens is 1. The van der Waals surface area contributed by atoms with Crippen LogP contribution in [0, 0.1) is 21.8 Å². The molecule has 0 atom stereocenters. The fourth-order valence-corrected chi connectivity index (χ4v) is 6.37. The highest BCUT2D eigenvalue weighted by molar-refractivity contribution is 7.89. The van der Waals surface area contributed by atoms with E-state index in [0.717, 1.165) is 23.5 Å². The summed E-state index contributed by atoms with van der Waals surface area (Å²) in [5.41, 5.74) is 0.192. The number of aromatic nitrogens is 1. The van der Waals surface area contributed by atoms with Crippen LogP contribution in [0.25, 0.3) is 10.2 Å². The summed E-state index contributed by atoms with van der Waals surface area (Å²) in [6, 6.07) is 8.69. The Morgan fingerprint density at radius 3 is 2.47 bits per heavy atom. The fourth-order valence-electron chi connectivity index (χ4n) is 3.89. The lowest BCUT2D eigenvalue weighted by Gasteiger charge is -2.29. The van der Waals surface area contributed by atoms with Crippen molar-refractivity contribution in [2.45, 2.75) is 24.3 Å². The minimum atomic E-state index is -3.82. The lowest BCUT2D eigenvalue weighted by Crippen LogP contribution is -2.40. The molecule has 1 aliphatic heterocycles. The van der Waals surface area contributed by atoms with E-state index in [9.17, 15) is 32.5 Å². The van der Waals surface area contributed by atoms with Crippen LogP contribution in [0.5, 0.6) is 0 Å². The molecule has 0 N–H and O–H groups in total. The van der Waals surface area contributed by atoms with Crippen molar-refractivity contribution in [1.82, 2.24) is 8.87 Å². The third-order valence-corrected chi connectivity index (χ3v) is 8.82. The first-order valence-corrected chi connectivity index (χ1v) is 13.0. The number of rotatable bonds is 6. The second-order valence-electron chi connectivity index (χ2n) is 8.04. The quantitative estimate of drug-likeness (QED) is 0.268. The molecule has 0 spiro atoms. The zero-order chi connectivity index (χ0) is 26.0. The van der Waals surface area contributed by atoms with E-state index in [1.165, 1.54) is 46.3 Å². The minimum Gasteiger partial charge on any atom is -0.468 e. The lowest BCUT2D eigenvalue weighted by atomic mass is 9.98. The Bertz CT molecular complexity index is 1510. The number of hydrogen-bond donors (Lipinski definition) is 0. The predicted molar refractivity (Wildman–Crippen MR) is 127 cm³/mol. The Morgan fingerprint density at radius 1 is 1.19 bits per heavy atom. The first kappa shape index (κ1) is 25.6. The number of non-ortho nitro benzene ring substituents is 1. The second kappa shape index (κ2) is 10.2. The zero-order valence-electron chi connectivity index (χ0n) is 19.0. The summed E-state index contributed by atoms with van der Waals surface area (Å²) in [5.74, 6) is -2.18. The van der Waals surface area contributed by atoms with Gasteiger partial charge in [-0.1, -0.05) is 11.3 Å². The molecule has 2 aromatic carbocycles. The Balaban J connectivity index is 1.58. The molecule has 11 nitrogen and oxygen atoms in total. The highest BCUT2D eigenvalue weighted by Gasteiger charge is 2.32. The van der Waals surface area contributed by atoms with Crippen molar-refractivity contribution in [2.75, 3.05) is 20.2 Å². The number of methoxy groups -OCH3 is 1. The Kier molecular flexibility index (Phi) is 7.28. The van der Waals surface area contributed by atoms with Gasteiger partial charge in [-0.05, 0) is 43.2 Å². The number of carbonyl (C=O) groups excluding carboxylic acids is 2. The maximum absolute atomic E-state index is 13.2. The number of nitro groups is 1. The number of nitrogens with zero attached hydrogens (tertiary/aromatic N) is 4. The van der Waals surface area contributed by atoms with Crippen LogP contribution in [0.15, 0.2) is 52.4 Å². The molecule has 1 saturated heterocycles. The topological polar surface area (TPSA) is 141 Å². The summed E-state index contributed by atoms with van der Waals surface area (Å²) >= 11 is 1.10. The molecule has 2 heterocycles. The van der Waals surface area contributed by atoms with Crippen molar-refractivity contribution < 1.29 is 32.1 Å². The first-order valence-electron chi connectivity index (χ1n) is 10.8. The molecule has 0 radical (unpaired) electrons. The van der Waals surface area contributed by atoms with Gasteiger partial charge in [0, 0.05) is 31.1 Å². The summed E-state index contributed by atoms with van der Waals surface area (Å²) in [5, 5.41) is 11.2. The van der Waals surface area contributed by atoms with Gasteiger partial charge in [-0.25, -0.2) is 12.8 Å². The van der Waals surface area contributed by atoms with Crippen molar-refractivity contribution in [1.29, 1.82) is 0 Å². The van der Waals surface area contributed by atoms with Gasteiger partial charge in [0.1, 0.15) is 12.4 Å². The molecule has 0 saturated carbocycles. The maximum Gasteiger partial charge on any atom is 0.325 e. The van der Waals surface area contributed by atoms with Crippen LogP contribution >= 0.6 is 11.3 Å². The summed E-state index contributed by atoms with van der Waals surface area (Å²) in [4.78, 5) is 39.9. The van der Waals surface area contributed by atoms with Crippen LogP contribution in [0.4, 0.5) is 10.1 Å². The van der Waals surface area contributed by atoms with Crippen LogP contribution < -0.4 is 4.80 Å². The summed E-state index contributed by atoms with van der Waals surface area (Å²) in [7, 11) is -2.62. The summed E-state index contributed by atoms with van der Waals surface area (Å²) < 4.78 is 46.8. The van der Waals surface area contributed by atoms with E-state index in [2.05, 4.69) is 4.99 Å². The molecular weight excluding hydrogens is 515 g/mol. The molecule has 0 unspecified atom stereocenters. The first-order chi connectivity index (χ1) is 17.1. The van der Waals surface area contributed by atoms with E-state index in [-0.39, 0.29) is 47.9 Å². The molecule has 36 heavy (non-hydrogen) atoms. The smallest absolute Gasteiger partial charge is 0.325 e. The number of thiazole rings is 1. The normalized spacial score (nSPS) is 15.8. The van der Waals surface area contributed by atoms with Gasteiger partial charge in [-0.3, -0.25) is 19.7 Å². The molecule has 1 fully saturated rings. The number of piperidine rings is 1.